The van der Waals surface area contributed by atoms with Crippen molar-refractivity contribution in [3.63, 3.8) is 0 Å². The van der Waals surface area contributed by atoms with Crippen LogP contribution in [-0.4, -0.2) is 21.3 Å². The Morgan fingerprint density at radius 1 is 1.37 bits per heavy atom. The van der Waals surface area contributed by atoms with E-state index >= 15 is 0 Å². The number of hydrogen-bond acceptors (Lipinski definition) is 3. The fraction of sp³-hybridized carbons (Fsp3) is 0.400. The van der Waals surface area contributed by atoms with Crippen LogP contribution in [0.25, 0.3) is 0 Å². The summed E-state index contributed by atoms with van der Waals surface area (Å²) < 4.78 is 7.76. The van der Waals surface area contributed by atoms with Crippen molar-refractivity contribution >= 4 is 0 Å². The van der Waals surface area contributed by atoms with Crippen LogP contribution in [0, 0.1) is 0 Å². The van der Waals surface area contributed by atoms with Crippen LogP contribution in [0.1, 0.15) is 30.8 Å². The maximum Gasteiger partial charge on any atom is 0.125 e. The molecule has 1 atom stereocenters. The average molecular weight is 260 g/mol. The van der Waals surface area contributed by atoms with E-state index in [1.807, 2.05) is 49.0 Å². The molecule has 0 bridgehead atoms. The van der Waals surface area contributed by atoms with Crippen molar-refractivity contribution in [1.82, 2.24) is 9.55 Å². The van der Waals surface area contributed by atoms with Gasteiger partial charge in [0.25, 0.3) is 0 Å². The lowest BCUT2D eigenvalue weighted by Crippen LogP contribution is -2.08. The van der Waals surface area contributed by atoms with Crippen LogP contribution in [-0.2, 0) is 13.5 Å². The summed E-state index contributed by atoms with van der Waals surface area (Å²) in [6, 6.07) is 7.64. The van der Waals surface area contributed by atoms with Crippen molar-refractivity contribution in [2.75, 3.05) is 6.61 Å². The first-order valence-corrected chi connectivity index (χ1v) is 6.58. The topological polar surface area (TPSA) is 47.3 Å². The van der Waals surface area contributed by atoms with Gasteiger partial charge in [-0.05, 0) is 12.5 Å². The Bertz CT molecular complexity index is 522. The minimum absolute atomic E-state index is 0.468. The van der Waals surface area contributed by atoms with Gasteiger partial charge in [0, 0.05) is 31.4 Å². The van der Waals surface area contributed by atoms with Gasteiger partial charge in [-0.1, -0.05) is 25.1 Å². The number of aliphatic hydroxyl groups is 1. The Morgan fingerprint density at radius 2 is 2.16 bits per heavy atom. The number of aromatic nitrogens is 2. The predicted molar refractivity (Wildman–Crippen MR) is 74.1 cm³/mol. The molecule has 1 aromatic heterocycles. The van der Waals surface area contributed by atoms with Gasteiger partial charge in [0.2, 0.25) is 0 Å². The first-order chi connectivity index (χ1) is 9.22. The van der Waals surface area contributed by atoms with E-state index in [1.165, 1.54) is 0 Å². The highest BCUT2D eigenvalue weighted by atomic mass is 16.5. The molecule has 4 heteroatoms. The van der Waals surface area contributed by atoms with Gasteiger partial charge in [-0.2, -0.15) is 0 Å². The lowest BCUT2D eigenvalue weighted by Gasteiger charge is -2.14. The molecule has 1 unspecified atom stereocenters. The summed E-state index contributed by atoms with van der Waals surface area (Å²) in [6.07, 6.45) is 4.66. The molecular formula is C15H20N2O2. The first kappa shape index (κ1) is 13.6. The third-order valence-electron chi connectivity index (χ3n) is 3.17. The van der Waals surface area contributed by atoms with Crippen molar-refractivity contribution in [3.05, 3.63) is 48.0 Å². The third-order valence-corrected chi connectivity index (χ3v) is 3.17. The number of nitrogens with zero attached hydrogens (tertiary/aromatic N) is 2. The Labute approximate surface area is 113 Å². The molecule has 0 aliphatic rings. The fourth-order valence-corrected chi connectivity index (χ4v) is 2.00. The molecule has 0 saturated heterocycles. The number of imidazole rings is 1. The summed E-state index contributed by atoms with van der Waals surface area (Å²) in [4.78, 5) is 4.25. The van der Waals surface area contributed by atoms with E-state index < -0.39 is 6.10 Å². The van der Waals surface area contributed by atoms with Crippen LogP contribution in [0.2, 0.25) is 0 Å². The summed E-state index contributed by atoms with van der Waals surface area (Å²) in [5.41, 5.74) is 0.852. The zero-order valence-corrected chi connectivity index (χ0v) is 11.4. The molecule has 0 aliphatic carbocycles. The van der Waals surface area contributed by atoms with Gasteiger partial charge < -0.3 is 14.4 Å². The standard InChI is InChI=1S/C15H20N2O2/c1-3-13(18)12-6-4-5-7-14(12)19-11-8-15-16-9-10-17(15)2/h4-7,9-10,13,18H,3,8,11H2,1-2H3. The van der Waals surface area contributed by atoms with E-state index in [2.05, 4.69) is 4.98 Å². The second-order valence-corrected chi connectivity index (χ2v) is 4.51. The van der Waals surface area contributed by atoms with E-state index in [9.17, 15) is 5.11 Å². The van der Waals surface area contributed by atoms with Gasteiger partial charge in [0.1, 0.15) is 11.6 Å². The van der Waals surface area contributed by atoms with E-state index in [0.717, 1.165) is 23.6 Å². The molecule has 0 radical (unpaired) electrons. The summed E-state index contributed by atoms with van der Waals surface area (Å²) in [5.74, 6) is 1.75. The van der Waals surface area contributed by atoms with Gasteiger partial charge >= 0.3 is 0 Å². The molecule has 0 saturated carbocycles. The number of aliphatic hydroxyl groups excluding tert-OH is 1. The first-order valence-electron chi connectivity index (χ1n) is 6.58. The molecule has 102 valence electrons. The van der Waals surface area contributed by atoms with Gasteiger partial charge in [-0.25, -0.2) is 4.98 Å². The lowest BCUT2D eigenvalue weighted by atomic mass is 10.1. The smallest absolute Gasteiger partial charge is 0.125 e. The Hall–Kier alpha value is -1.81. The second-order valence-electron chi connectivity index (χ2n) is 4.51. The zero-order chi connectivity index (χ0) is 13.7. The Morgan fingerprint density at radius 3 is 2.84 bits per heavy atom. The molecule has 1 heterocycles. The SMILES string of the molecule is CCC(O)c1ccccc1OCCc1nccn1C. The lowest BCUT2D eigenvalue weighted by molar-refractivity contribution is 0.167. The minimum Gasteiger partial charge on any atom is -0.493 e. The molecular weight excluding hydrogens is 240 g/mol. The number of hydrogen-bond donors (Lipinski definition) is 1. The number of rotatable bonds is 6. The summed E-state index contributed by atoms with van der Waals surface area (Å²) in [5, 5.41) is 9.94. The van der Waals surface area contributed by atoms with Crippen molar-refractivity contribution in [2.24, 2.45) is 7.05 Å². The van der Waals surface area contributed by atoms with Crippen molar-refractivity contribution in [2.45, 2.75) is 25.9 Å². The summed E-state index contributed by atoms with van der Waals surface area (Å²) >= 11 is 0. The zero-order valence-electron chi connectivity index (χ0n) is 11.4. The van der Waals surface area contributed by atoms with E-state index in [-0.39, 0.29) is 0 Å². The Balaban J connectivity index is 1.98. The van der Waals surface area contributed by atoms with Crippen LogP contribution >= 0.6 is 0 Å². The van der Waals surface area contributed by atoms with Crippen LogP contribution in [0.5, 0.6) is 5.75 Å². The monoisotopic (exact) mass is 260 g/mol. The molecule has 0 fully saturated rings. The van der Waals surface area contributed by atoms with Gasteiger partial charge in [-0.3, -0.25) is 0 Å². The number of benzene rings is 1. The molecule has 4 nitrogen and oxygen atoms in total. The van der Waals surface area contributed by atoms with Crippen LogP contribution in [0.4, 0.5) is 0 Å². The normalized spacial score (nSPS) is 12.4. The highest BCUT2D eigenvalue weighted by molar-refractivity contribution is 5.35. The summed E-state index contributed by atoms with van der Waals surface area (Å²) in [7, 11) is 1.97. The van der Waals surface area contributed by atoms with Crippen LogP contribution in [0.15, 0.2) is 36.7 Å². The number of aryl methyl sites for hydroxylation is 1. The molecule has 0 amide bonds. The molecule has 2 aromatic rings. The predicted octanol–water partition coefficient (Wildman–Crippen LogP) is 2.49. The highest BCUT2D eigenvalue weighted by Gasteiger charge is 2.11. The third kappa shape index (κ3) is 3.35. The van der Waals surface area contributed by atoms with Crippen molar-refractivity contribution in [3.8, 4) is 5.75 Å². The maximum absolute atomic E-state index is 9.94. The van der Waals surface area contributed by atoms with E-state index in [4.69, 9.17) is 4.74 Å². The fourth-order valence-electron chi connectivity index (χ4n) is 2.00. The Kier molecular flexibility index (Phi) is 4.58. The minimum atomic E-state index is -0.468. The van der Waals surface area contributed by atoms with E-state index in [0.29, 0.717) is 13.0 Å². The quantitative estimate of drug-likeness (QED) is 0.868. The number of para-hydroxylation sites is 1. The molecule has 0 aliphatic heterocycles. The number of ether oxygens (including phenoxy) is 1. The maximum atomic E-state index is 9.94. The molecule has 1 aromatic carbocycles. The highest BCUT2D eigenvalue weighted by Crippen LogP contribution is 2.26. The molecule has 2 rings (SSSR count). The second kappa shape index (κ2) is 6.38. The van der Waals surface area contributed by atoms with Crippen molar-refractivity contribution in [1.29, 1.82) is 0 Å². The van der Waals surface area contributed by atoms with Gasteiger partial charge in [0.15, 0.2) is 0 Å². The molecule has 0 spiro atoms. The van der Waals surface area contributed by atoms with Crippen molar-refractivity contribution < 1.29 is 9.84 Å². The van der Waals surface area contributed by atoms with Gasteiger partial charge in [-0.15, -0.1) is 0 Å². The summed E-state index contributed by atoms with van der Waals surface area (Å²) in [6.45, 7) is 2.51. The average Bonchev–Trinajstić information content (AvgIpc) is 2.84. The molecule has 19 heavy (non-hydrogen) atoms. The van der Waals surface area contributed by atoms with Crippen LogP contribution < -0.4 is 4.74 Å². The molecule has 1 N–H and O–H groups in total. The largest absolute Gasteiger partial charge is 0.493 e. The van der Waals surface area contributed by atoms with Gasteiger partial charge in [0.05, 0.1) is 12.7 Å². The van der Waals surface area contributed by atoms with E-state index in [1.54, 1.807) is 6.20 Å². The van der Waals surface area contributed by atoms with Crippen LogP contribution in [0.3, 0.4) is 0 Å².